The molecule has 1 aliphatic rings. The van der Waals surface area contributed by atoms with Crippen molar-refractivity contribution in [1.29, 1.82) is 0 Å². The number of hydrogen-bond donors (Lipinski definition) is 3. The van der Waals surface area contributed by atoms with Crippen molar-refractivity contribution in [1.82, 2.24) is 15.3 Å². The third kappa shape index (κ3) is 4.68. The van der Waals surface area contributed by atoms with Crippen LogP contribution < -0.4 is 15.8 Å². The van der Waals surface area contributed by atoms with Crippen LogP contribution in [-0.4, -0.2) is 27.8 Å². The first kappa shape index (κ1) is 20.8. The number of carbonyl (C=O) groups is 2. The highest BCUT2D eigenvalue weighted by atomic mass is 19.1. The number of primary amides is 1. The summed E-state index contributed by atoms with van der Waals surface area (Å²) in [5, 5.41) is 3.64. The van der Waals surface area contributed by atoms with E-state index in [1.807, 2.05) is 0 Å². The van der Waals surface area contributed by atoms with Crippen LogP contribution in [0.25, 0.3) is 11.0 Å². The molecule has 0 radical (unpaired) electrons. The Bertz CT molecular complexity index is 1090. The maximum atomic E-state index is 14.8. The lowest BCUT2D eigenvalue weighted by Gasteiger charge is -2.20. The van der Waals surface area contributed by atoms with Gasteiger partial charge in [0.25, 0.3) is 0 Å². The molecule has 2 heterocycles. The molecule has 31 heavy (non-hydrogen) atoms. The number of aromatic nitrogens is 2. The van der Waals surface area contributed by atoms with E-state index in [1.54, 1.807) is 24.5 Å². The van der Waals surface area contributed by atoms with Gasteiger partial charge in [0.15, 0.2) is 11.6 Å². The predicted octanol–water partition coefficient (Wildman–Crippen LogP) is 3.90. The standard InChI is InChI=1S/C23H25FN4O3/c24-17-13-14(20(21(25)29)23(30)28-15-5-3-1-2-4-6-15)7-8-19(17)31-18-10-12-27-22-16(18)9-11-26-22/h7-13,15,20H,1-6H2,(H2,25,29)(H,26,27)(H,28,30). The molecule has 0 saturated heterocycles. The fraction of sp³-hybridized carbons (Fsp3) is 0.348. The van der Waals surface area contributed by atoms with Crippen LogP contribution in [0.2, 0.25) is 0 Å². The molecule has 4 rings (SSSR count). The monoisotopic (exact) mass is 424 g/mol. The van der Waals surface area contributed by atoms with Gasteiger partial charge in [-0.2, -0.15) is 0 Å². The summed E-state index contributed by atoms with van der Waals surface area (Å²) in [6.45, 7) is 0. The minimum atomic E-state index is -1.26. The van der Waals surface area contributed by atoms with Crippen LogP contribution in [0.15, 0.2) is 42.7 Å². The number of aromatic amines is 1. The summed E-state index contributed by atoms with van der Waals surface area (Å²) in [6, 6.07) is 7.46. The summed E-state index contributed by atoms with van der Waals surface area (Å²) >= 11 is 0. The van der Waals surface area contributed by atoms with Gasteiger partial charge in [0, 0.05) is 18.4 Å². The highest BCUT2D eigenvalue weighted by Crippen LogP contribution is 2.31. The largest absolute Gasteiger partial charge is 0.453 e. The molecule has 1 atom stereocenters. The van der Waals surface area contributed by atoms with E-state index in [-0.39, 0.29) is 17.4 Å². The Balaban J connectivity index is 1.53. The first-order valence-corrected chi connectivity index (χ1v) is 10.5. The molecule has 4 N–H and O–H groups in total. The minimum absolute atomic E-state index is 0.0137. The molecule has 2 amide bonds. The van der Waals surface area contributed by atoms with E-state index in [2.05, 4.69) is 15.3 Å². The Morgan fingerprint density at radius 2 is 1.90 bits per heavy atom. The molecule has 162 valence electrons. The van der Waals surface area contributed by atoms with Crippen molar-refractivity contribution >= 4 is 22.8 Å². The number of carbonyl (C=O) groups excluding carboxylic acids is 2. The average Bonchev–Trinajstić information content (AvgIpc) is 3.08. The van der Waals surface area contributed by atoms with Crippen molar-refractivity contribution in [3.05, 3.63) is 54.1 Å². The van der Waals surface area contributed by atoms with Crippen LogP contribution in [0, 0.1) is 5.82 Å². The summed E-state index contributed by atoms with van der Waals surface area (Å²) in [6.07, 6.45) is 9.38. The Hall–Kier alpha value is -3.42. The number of rotatable bonds is 6. The maximum absolute atomic E-state index is 14.8. The SMILES string of the molecule is NC(=O)C(C(=O)NC1CCCCCC1)c1ccc(Oc2ccnc3[nH]ccc23)c(F)c1. The number of hydrogen-bond acceptors (Lipinski definition) is 4. The molecule has 1 fully saturated rings. The van der Waals surface area contributed by atoms with Crippen molar-refractivity contribution in [2.75, 3.05) is 0 Å². The number of benzene rings is 1. The summed E-state index contributed by atoms with van der Waals surface area (Å²) in [5.41, 5.74) is 6.33. The number of fused-ring (bicyclic) bond motifs is 1. The van der Waals surface area contributed by atoms with E-state index >= 15 is 0 Å². The van der Waals surface area contributed by atoms with Crippen LogP contribution in [0.5, 0.6) is 11.5 Å². The quantitative estimate of drug-likeness (QED) is 0.412. The molecule has 1 aromatic carbocycles. The van der Waals surface area contributed by atoms with E-state index in [0.717, 1.165) is 44.6 Å². The Morgan fingerprint density at radius 3 is 2.61 bits per heavy atom. The lowest BCUT2D eigenvalue weighted by atomic mass is 9.96. The van der Waals surface area contributed by atoms with Crippen molar-refractivity contribution in [3.8, 4) is 11.5 Å². The van der Waals surface area contributed by atoms with Gasteiger partial charge in [0.05, 0.1) is 5.39 Å². The number of nitrogens with one attached hydrogen (secondary N) is 2. The van der Waals surface area contributed by atoms with Gasteiger partial charge in [0.2, 0.25) is 11.8 Å². The number of nitrogens with two attached hydrogens (primary N) is 1. The van der Waals surface area contributed by atoms with Gasteiger partial charge in [0.1, 0.15) is 17.3 Å². The van der Waals surface area contributed by atoms with Crippen LogP contribution in [0.1, 0.15) is 50.0 Å². The van der Waals surface area contributed by atoms with E-state index < -0.39 is 23.5 Å². The maximum Gasteiger partial charge on any atom is 0.237 e. The van der Waals surface area contributed by atoms with E-state index in [0.29, 0.717) is 16.8 Å². The lowest BCUT2D eigenvalue weighted by molar-refractivity contribution is -0.130. The highest BCUT2D eigenvalue weighted by Gasteiger charge is 2.29. The third-order valence-corrected chi connectivity index (χ3v) is 5.68. The molecular weight excluding hydrogens is 399 g/mol. The molecule has 2 aromatic heterocycles. The third-order valence-electron chi connectivity index (χ3n) is 5.68. The molecule has 1 aliphatic carbocycles. The van der Waals surface area contributed by atoms with Gasteiger partial charge < -0.3 is 20.8 Å². The second-order valence-electron chi connectivity index (χ2n) is 7.87. The van der Waals surface area contributed by atoms with Gasteiger partial charge in [-0.3, -0.25) is 9.59 Å². The zero-order chi connectivity index (χ0) is 21.8. The zero-order valence-electron chi connectivity index (χ0n) is 17.1. The Morgan fingerprint density at radius 1 is 1.13 bits per heavy atom. The molecule has 1 unspecified atom stereocenters. The van der Waals surface area contributed by atoms with E-state index in [1.165, 1.54) is 12.1 Å². The minimum Gasteiger partial charge on any atom is -0.453 e. The van der Waals surface area contributed by atoms with Gasteiger partial charge in [-0.25, -0.2) is 9.37 Å². The molecule has 7 nitrogen and oxygen atoms in total. The van der Waals surface area contributed by atoms with Crippen LogP contribution in [0.4, 0.5) is 4.39 Å². The summed E-state index contributed by atoms with van der Waals surface area (Å²) in [5.74, 6) is -2.84. The van der Waals surface area contributed by atoms with Crippen molar-refractivity contribution in [3.63, 3.8) is 0 Å². The van der Waals surface area contributed by atoms with Gasteiger partial charge in [-0.1, -0.05) is 31.7 Å². The molecule has 8 heteroatoms. The van der Waals surface area contributed by atoms with Crippen LogP contribution in [0.3, 0.4) is 0 Å². The first-order chi connectivity index (χ1) is 15.0. The molecule has 3 aromatic rings. The average molecular weight is 424 g/mol. The molecule has 0 spiro atoms. The fourth-order valence-corrected chi connectivity index (χ4v) is 4.08. The number of pyridine rings is 1. The molecular formula is C23H25FN4O3. The number of ether oxygens (including phenoxy) is 1. The molecule has 1 saturated carbocycles. The van der Waals surface area contributed by atoms with Crippen molar-refractivity contribution in [2.45, 2.75) is 50.5 Å². The van der Waals surface area contributed by atoms with Gasteiger partial charge >= 0.3 is 0 Å². The predicted molar refractivity (Wildman–Crippen MR) is 114 cm³/mol. The summed E-state index contributed by atoms with van der Waals surface area (Å²) in [4.78, 5) is 32.0. The summed E-state index contributed by atoms with van der Waals surface area (Å²) < 4.78 is 20.5. The number of amides is 2. The number of nitrogens with zero attached hydrogens (tertiary/aromatic N) is 1. The van der Waals surface area contributed by atoms with E-state index in [4.69, 9.17) is 10.5 Å². The van der Waals surface area contributed by atoms with Crippen molar-refractivity contribution in [2.24, 2.45) is 5.73 Å². The Kier molecular flexibility index (Phi) is 6.16. The van der Waals surface area contributed by atoms with Gasteiger partial charge in [-0.15, -0.1) is 0 Å². The number of halogens is 1. The van der Waals surface area contributed by atoms with Crippen LogP contribution >= 0.6 is 0 Å². The van der Waals surface area contributed by atoms with E-state index in [9.17, 15) is 14.0 Å². The second kappa shape index (κ2) is 9.16. The smallest absolute Gasteiger partial charge is 0.237 e. The highest BCUT2D eigenvalue weighted by molar-refractivity contribution is 6.05. The normalized spacial score (nSPS) is 15.9. The topological polar surface area (TPSA) is 110 Å². The fourth-order valence-electron chi connectivity index (χ4n) is 4.08. The zero-order valence-corrected chi connectivity index (χ0v) is 17.1. The van der Waals surface area contributed by atoms with Crippen molar-refractivity contribution < 1.29 is 18.7 Å². The molecule has 0 bridgehead atoms. The Labute approximate surface area is 179 Å². The van der Waals surface area contributed by atoms with Gasteiger partial charge in [-0.05, 0) is 42.7 Å². The first-order valence-electron chi connectivity index (χ1n) is 10.5. The summed E-state index contributed by atoms with van der Waals surface area (Å²) in [7, 11) is 0. The lowest BCUT2D eigenvalue weighted by Crippen LogP contribution is -2.42. The second-order valence-corrected chi connectivity index (χ2v) is 7.87. The molecule has 0 aliphatic heterocycles. The van der Waals surface area contributed by atoms with Crippen LogP contribution in [-0.2, 0) is 9.59 Å². The number of H-pyrrole nitrogens is 1.